The molecule has 19 heavy (non-hydrogen) atoms. The van der Waals surface area contributed by atoms with E-state index in [1.807, 2.05) is 31.2 Å². The van der Waals surface area contributed by atoms with E-state index in [2.05, 4.69) is 29.6 Å². The van der Waals surface area contributed by atoms with Crippen LogP contribution in [0.4, 0.5) is 0 Å². The largest absolute Gasteiger partial charge is 0.318 e. The monoisotopic (exact) mass is 287 g/mol. The van der Waals surface area contributed by atoms with E-state index in [0.717, 1.165) is 16.1 Å². The zero-order valence-electron chi connectivity index (χ0n) is 10.6. The number of rotatable bonds is 2. The molecule has 3 heteroatoms. The molecule has 1 nitrogen and oxygen atoms in total. The minimum Gasteiger partial charge on any atom is -0.318 e. The molecule has 1 heterocycles. The Labute approximate surface area is 121 Å². The summed E-state index contributed by atoms with van der Waals surface area (Å²) in [5.74, 6) is 0. The van der Waals surface area contributed by atoms with Crippen molar-refractivity contribution in [2.24, 2.45) is 5.73 Å². The molecule has 96 valence electrons. The van der Waals surface area contributed by atoms with Gasteiger partial charge in [-0.05, 0) is 47.0 Å². The highest BCUT2D eigenvalue weighted by atomic mass is 35.5. The van der Waals surface area contributed by atoms with Gasteiger partial charge in [0.1, 0.15) is 0 Å². The summed E-state index contributed by atoms with van der Waals surface area (Å²) in [6, 6.07) is 16.2. The first kappa shape index (κ1) is 12.7. The summed E-state index contributed by atoms with van der Waals surface area (Å²) in [6.45, 7) is 2.05. The van der Waals surface area contributed by atoms with Crippen molar-refractivity contribution in [3.63, 3.8) is 0 Å². The van der Waals surface area contributed by atoms with Crippen LogP contribution in [0.5, 0.6) is 0 Å². The van der Waals surface area contributed by atoms with E-state index in [-0.39, 0.29) is 0 Å². The maximum Gasteiger partial charge on any atom is 0.0651 e. The predicted molar refractivity (Wildman–Crippen MR) is 83.9 cm³/mol. The van der Waals surface area contributed by atoms with Crippen LogP contribution in [0.3, 0.4) is 0 Å². The number of nitrogens with two attached hydrogens (primary N) is 1. The third kappa shape index (κ3) is 2.16. The van der Waals surface area contributed by atoms with Gasteiger partial charge in [0, 0.05) is 9.72 Å². The third-order valence-electron chi connectivity index (χ3n) is 3.48. The quantitative estimate of drug-likeness (QED) is 0.721. The third-order valence-corrected chi connectivity index (χ3v) is 4.70. The summed E-state index contributed by atoms with van der Waals surface area (Å²) >= 11 is 7.68. The molecule has 0 amide bonds. The van der Waals surface area contributed by atoms with Crippen LogP contribution in [0.1, 0.15) is 18.1 Å². The normalized spacial score (nSPS) is 14.5. The van der Waals surface area contributed by atoms with E-state index in [0.29, 0.717) is 0 Å². The Morgan fingerprint density at radius 3 is 2.53 bits per heavy atom. The molecule has 1 unspecified atom stereocenters. The number of benzene rings is 2. The average Bonchev–Trinajstić information content (AvgIpc) is 2.87. The number of hydrogen-bond donors (Lipinski definition) is 1. The van der Waals surface area contributed by atoms with Crippen molar-refractivity contribution in [1.82, 2.24) is 0 Å². The maximum absolute atomic E-state index is 6.60. The number of hydrogen-bond acceptors (Lipinski definition) is 2. The molecule has 0 aliphatic rings. The number of thiophene rings is 1. The summed E-state index contributed by atoms with van der Waals surface area (Å²) in [6.07, 6.45) is 0. The molecule has 3 aromatic rings. The van der Waals surface area contributed by atoms with Gasteiger partial charge in [-0.15, -0.1) is 11.3 Å². The molecular weight excluding hydrogens is 274 g/mol. The van der Waals surface area contributed by atoms with Crippen molar-refractivity contribution in [2.75, 3.05) is 0 Å². The highest BCUT2D eigenvalue weighted by Gasteiger charge is 2.25. The van der Waals surface area contributed by atoms with Gasteiger partial charge in [-0.2, -0.15) is 0 Å². The van der Waals surface area contributed by atoms with Crippen LogP contribution in [-0.4, -0.2) is 0 Å². The smallest absolute Gasteiger partial charge is 0.0651 e. The summed E-state index contributed by atoms with van der Waals surface area (Å²) in [4.78, 5) is 0. The lowest BCUT2D eigenvalue weighted by Gasteiger charge is -2.26. The van der Waals surface area contributed by atoms with E-state index in [9.17, 15) is 0 Å². The van der Waals surface area contributed by atoms with Crippen molar-refractivity contribution < 1.29 is 0 Å². The fraction of sp³-hybridized carbons (Fsp3) is 0.125. The van der Waals surface area contributed by atoms with Gasteiger partial charge in [0.15, 0.2) is 0 Å². The van der Waals surface area contributed by atoms with Crippen LogP contribution in [0.15, 0.2) is 53.9 Å². The second kappa shape index (κ2) is 4.64. The number of halogens is 1. The molecule has 2 aromatic carbocycles. The van der Waals surface area contributed by atoms with E-state index >= 15 is 0 Å². The maximum atomic E-state index is 6.60. The van der Waals surface area contributed by atoms with E-state index < -0.39 is 5.54 Å². The van der Waals surface area contributed by atoms with E-state index in [4.69, 9.17) is 17.3 Å². The molecule has 0 spiro atoms. The summed E-state index contributed by atoms with van der Waals surface area (Å²) in [7, 11) is 0. The predicted octanol–water partition coefficient (Wildman–Crippen LogP) is 4.78. The Bertz CT molecular complexity index is 713. The van der Waals surface area contributed by atoms with Crippen LogP contribution in [0.2, 0.25) is 5.02 Å². The molecule has 3 rings (SSSR count). The minimum atomic E-state index is -0.519. The highest BCUT2D eigenvalue weighted by Crippen LogP contribution is 2.35. The SMILES string of the molecule is CC(N)(c1ccc(Cl)cc1)c1cccc2ccsc12. The van der Waals surface area contributed by atoms with Crippen LogP contribution < -0.4 is 5.73 Å². The molecule has 0 bridgehead atoms. The molecule has 0 fully saturated rings. The molecule has 0 saturated heterocycles. The fourth-order valence-corrected chi connectivity index (χ4v) is 3.51. The topological polar surface area (TPSA) is 26.0 Å². The van der Waals surface area contributed by atoms with E-state index in [1.165, 1.54) is 10.1 Å². The van der Waals surface area contributed by atoms with Crippen LogP contribution in [-0.2, 0) is 5.54 Å². The van der Waals surface area contributed by atoms with Crippen molar-refractivity contribution in [3.8, 4) is 0 Å². The van der Waals surface area contributed by atoms with Gasteiger partial charge in [0.25, 0.3) is 0 Å². The Morgan fingerprint density at radius 2 is 1.79 bits per heavy atom. The Kier molecular flexibility index (Phi) is 3.09. The van der Waals surface area contributed by atoms with Crippen molar-refractivity contribution in [3.05, 3.63) is 70.1 Å². The van der Waals surface area contributed by atoms with Gasteiger partial charge >= 0.3 is 0 Å². The summed E-state index contributed by atoms with van der Waals surface area (Å²) in [5, 5.41) is 4.08. The minimum absolute atomic E-state index is 0.519. The van der Waals surface area contributed by atoms with Gasteiger partial charge in [-0.25, -0.2) is 0 Å². The number of fused-ring (bicyclic) bond motifs is 1. The molecule has 1 atom stereocenters. The Hall–Kier alpha value is -1.35. The lowest BCUT2D eigenvalue weighted by molar-refractivity contribution is 0.609. The first-order chi connectivity index (χ1) is 9.09. The van der Waals surface area contributed by atoms with Crippen LogP contribution in [0, 0.1) is 0 Å². The fourth-order valence-electron chi connectivity index (χ4n) is 2.35. The molecule has 0 saturated carbocycles. The Balaban J connectivity index is 2.18. The average molecular weight is 288 g/mol. The summed E-state index contributed by atoms with van der Waals surface area (Å²) in [5.41, 5.74) is 8.30. The van der Waals surface area contributed by atoms with Crippen LogP contribution >= 0.6 is 22.9 Å². The first-order valence-corrected chi connectivity index (χ1v) is 7.36. The second-order valence-electron chi connectivity index (χ2n) is 4.85. The van der Waals surface area contributed by atoms with Gasteiger partial charge in [0.05, 0.1) is 5.54 Å². The van der Waals surface area contributed by atoms with E-state index in [1.54, 1.807) is 11.3 Å². The Morgan fingerprint density at radius 1 is 1.05 bits per heavy atom. The lowest BCUT2D eigenvalue weighted by atomic mass is 9.85. The lowest BCUT2D eigenvalue weighted by Crippen LogP contribution is -2.34. The summed E-state index contributed by atoms with van der Waals surface area (Å²) < 4.78 is 1.25. The van der Waals surface area contributed by atoms with Gasteiger partial charge < -0.3 is 5.73 Å². The second-order valence-corrected chi connectivity index (χ2v) is 6.21. The van der Waals surface area contributed by atoms with Gasteiger partial charge in [0.2, 0.25) is 0 Å². The molecule has 0 aliphatic heterocycles. The zero-order valence-corrected chi connectivity index (χ0v) is 12.1. The van der Waals surface area contributed by atoms with Gasteiger partial charge in [-0.1, -0.05) is 41.9 Å². The standard InChI is InChI=1S/C16H14ClNS/c1-16(18,12-5-7-13(17)8-6-12)14-4-2-3-11-9-10-19-15(11)14/h2-10H,18H2,1H3. The zero-order chi connectivity index (χ0) is 13.5. The molecule has 0 aliphatic carbocycles. The van der Waals surface area contributed by atoms with Crippen molar-refractivity contribution >= 4 is 33.0 Å². The molecule has 1 aromatic heterocycles. The molecule has 2 N–H and O–H groups in total. The van der Waals surface area contributed by atoms with Crippen LogP contribution in [0.25, 0.3) is 10.1 Å². The highest BCUT2D eigenvalue weighted by molar-refractivity contribution is 7.17. The van der Waals surface area contributed by atoms with Gasteiger partial charge in [-0.3, -0.25) is 0 Å². The van der Waals surface area contributed by atoms with Crippen molar-refractivity contribution in [2.45, 2.75) is 12.5 Å². The molecule has 0 radical (unpaired) electrons. The molecular formula is C16H14ClNS. The van der Waals surface area contributed by atoms with Crippen molar-refractivity contribution in [1.29, 1.82) is 0 Å². The first-order valence-electron chi connectivity index (χ1n) is 6.10.